The first-order valence-electron chi connectivity index (χ1n) is 7.17. The average molecular weight is 293 g/mol. The fourth-order valence-corrected chi connectivity index (χ4v) is 2.77. The third-order valence-electron chi connectivity index (χ3n) is 3.74. The molecule has 0 radical (unpaired) electrons. The number of methoxy groups -OCH3 is 2. The lowest BCUT2D eigenvalue weighted by Crippen LogP contribution is -2.24. The minimum absolute atomic E-state index is 0.118. The fourth-order valence-electron chi connectivity index (χ4n) is 2.77. The summed E-state index contributed by atoms with van der Waals surface area (Å²) in [5.41, 5.74) is 9.36. The maximum Gasteiger partial charge on any atom is 0.306 e. The second kappa shape index (κ2) is 6.94. The van der Waals surface area contributed by atoms with Crippen molar-refractivity contribution in [2.75, 3.05) is 14.2 Å². The average Bonchev–Trinajstić information content (AvgIpc) is 2.36. The van der Waals surface area contributed by atoms with Gasteiger partial charge in [0.05, 0.1) is 20.6 Å². The molecule has 0 bridgehead atoms. The molecule has 0 saturated carbocycles. The molecule has 1 aromatic carbocycles. The van der Waals surface area contributed by atoms with Gasteiger partial charge in [0.25, 0.3) is 0 Å². The molecule has 1 atom stereocenters. The van der Waals surface area contributed by atoms with Crippen molar-refractivity contribution in [1.82, 2.24) is 0 Å². The molecule has 0 aliphatic rings. The van der Waals surface area contributed by atoms with Crippen molar-refractivity contribution in [3.63, 3.8) is 0 Å². The lowest BCUT2D eigenvalue weighted by molar-refractivity contribution is -0.143. The lowest BCUT2D eigenvalue weighted by Gasteiger charge is -2.27. The van der Waals surface area contributed by atoms with Crippen LogP contribution in [0.4, 0.5) is 0 Å². The molecule has 0 aliphatic heterocycles. The Morgan fingerprint density at radius 3 is 2.19 bits per heavy atom. The molecule has 1 aromatic rings. The number of carbonyl (C=O) groups is 1. The van der Waals surface area contributed by atoms with Crippen LogP contribution in [0.5, 0.6) is 5.75 Å². The molecule has 0 aromatic heterocycles. The normalized spacial score (nSPS) is 12.9. The zero-order valence-corrected chi connectivity index (χ0v) is 13.9. The molecule has 21 heavy (non-hydrogen) atoms. The zero-order valence-electron chi connectivity index (χ0n) is 13.9. The molecule has 2 N–H and O–H groups in total. The van der Waals surface area contributed by atoms with Gasteiger partial charge < -0.3 is 15.2 Å². The largest absolute Gasteiger partial charge is 0.496 e. The van der Waals surface area contributed by atoms with Gasteiger partial charge in [-0.05, 0) is 42.4 Å². The van der Waals surface area contributed by atoms with Crippen molar-refractivity contribution in [1.29, 1.82) is 0 Å². The Kier molecular flexibility index (Phi) is 5.78. The van der Waals surface area contributed by atoms with E-state index < -0.39 is 0 Å². The Labute approximate surface area is 127 Å². The number of hydrogen-bond donors (Lipinski definition) is 1. The smallest absolute Gasteiger partial charge is 0.306 e. The molecule has 4 heteroatoms. The van der Waals surface area contributed by atoms with Crippen molar-refractivity contribution in [2.24, 2.45) is 11.1 Å². The Morgan fingerprint density at radius 2 is 1.76 bits per heavy atom. The first-order valence-corrected chi connectivity index (χ1v) is 7.17. The molecule has 0 saturated heterocycles. The molecule has 0 heterocycles. The monoisotopic (exact) mass is 293 g/mol. The first kappa shape index (κ1) is 17.5. The van der Waals surface area contributed by atoms with E-state index in [4.69, 9.17) is 15.2 Å². The summed E-state index contributed by atoms with van der Waals surface area (Å²) in [6, 6.07) is 4.00. The van der Waals surface area contributed by atoms with E-state index in [-0.39, 0.29) is 17.4 Å². The number of aryl methyl sites for hydroxylation is 2. The second-order valence-corrected chi connectivity index (χ2v) is 6.42. The Bertz CT molecular complexity index is 486. The van der Waals surface area contributed by atoms with Crippen LogP contribution in [0.1, 0.15) is 49.4 Å². The standard InChI is InChI=1S/C17H27NO3/c1-11-7-13(8-12(2)16(11)21-6)14(18)9-17(3,4)10-15(19)20-5/h7-8,14H,9-10,18H2,1-6H3. The fraction of sp³-hybridized carbons (Fsp3) is 0.588. The van der Waals surface area contributed by atoms with Crippen molar-refractivity contribution in [3.8, 4) is 5.75 Å². The van der Waals surface area contributed by atoms with Crippen molar-refractivity contribution in [3.05, 3.63) is 28.8 Å². The predicted octanol–water partition coefficient (Wildman–Crippen LogP) is 3.29. The minimum Gasteiger partial charge on any atom is -0.496 e. The van der Waals surface area contributed by atoms with Crippen LogP contribution in [0.2, 0.25) is 0 Å². The highest BCUT2D eigenvalue weighted by Gasteiger charge is 2.26. The van der Waals surface area contributed by atoms with Gasteiger partial charge in [0.15, 0.2) is 0 Å². The van der Waals surface area contributed by atoms with Crippen LogP contribution in [0.25, 0.3) is 0 Å². The van der Waals surface area contributed by atoms with E-state index in [1.165, 1.54) is 7.11 Å². The third kappa shape index (κ3) is 4.74. The van der Waals surface area contributed by atoms with Gasteiger partial charge >= 0.3 is 5.97 Å². The summed E-state index contributed by atoms with van der Waals surface area (Å²) in [5, 5.41) is 0. The zero-order chi connectivity index (χ0) is 16.2. The number of benzene rings is 1. The van der Waals surface area contributed by atoms with Crippen LogP contribution in [-0.4, -0.2) is 20.2 Å². The summed E-state index contributed by atoms with van der Waals surface area (Å²) in [7, 11) is 3.09. The van der Waals surface area contributed by atoms with Crippen molar-refractivity contribution >= 4 is 5.97 Å². The highest BCUT2D eigenvalue weighted by atomic mass is 16.5. The summed E-state index contributed by atoms with van der Waals surface area (Å²) in [4.78, 5) is 11.5. The molecule has 118 valence electrons. The quantitative estimate of drug-likeness (QED) is 0.818. The van der Waals surface area contributed by atoms with E-state index in [0.29, 0.717) is 12.8 Å². The Balaban J connectivity index is 2.89. The van der Waals surface area contributed by atoms with E-state index in [9.17, 15) is 4.79 Å². The van der Waals surface area contributed by atoms with Gasteiger partial charge in [0.2, 0.25) is 0 Å². The Hall–Kier alpha value is -1.55. The SMILES string of the molecule is COC(=O)CC(C)(C)CC(N)c1cc(C)c(OC)c(C)c1. The van der Waals surface area contributed by atoms with Gasteiger partial charge in [-0.25, -0.2) is 0 Å². The molecule has 0 fully saturated rings. The number of esters is 1. The van der Waals surface area contributed by atoms with E-state index in [2.05, 4.69) is 12.1 Å². The van der Waals surface area contributed by atoms with Gasteiger partial charge in [-0.2, -0.15) is 0 Å². The van der Waals surface area contributed by atoms with Gasteiger partial charge in [0.1, 0.15) is 5.75 Å². The van der Waals surface area contributed by atoms with Crippen LogP contribution in [0, 0.1) is 19.3 Å². The second-order valence-electron chi connectivity index (χ2n) is 6.42. The van der Waals surface area contributed by atoms with Crippen LogP contribution < -0.4 is 10.5 Å². The number of nitrogens with two attached hydrogens (primary N) is 1. The molecular weight excluding hydrogens is 266 g/mol. The summed E-state index contributed by atoms with van der Waals surface area (Å²) in [6.45, 7) is 8.10. The number of hydrogen-bond acceptors (Lipinski definition) is 4. The van der Waals surface area contributed by atoms with E-state index in [0.717, 1.165) is 22.4 Å². The summed E-state index contributed by atoms with van der Waals surface area (Å²) in [5.74, 6) is 0.703. The van der Waals surface area contributed by atoms with Gasteiger partial charge in [0, 0.05) is 6.04 Å². The van der Waals surface area contributed by atoms with Crippen molar-refractivity contribution < 1.29 is 14.3 Å². The van der Waals surface area contributed by atoms with Gasteiger partial charge in [-0.1, -0.05) is 26.0 Å². The molecular formula is C17H27NO3. The highest BCUT2D eigenvalue weighted by Crippen LogP contribution is 2.34. The first-order chi connectivity index (χ1) is 9.70. The van der Waals surface area contributed by atoms with E-state index in [1.807, 2.05) is 27.7 Å². The Morgan fingerprint density at radius 1 is 1.24 bits per heavy atom. The number of ether oxygens (including phenoxy) is 2. The third-order valence-corrected chi connectivity index (χ3v) is 3.74. The summed E-state index contributed by atoms with van der Waals surface area (Å²) in [6.07, 6.45) is 1.08. The van der Waals surface area contributed by atoms with Gasteiger partial charge in [-0.15, -0.1) is 0 Å². The van der Waals surface area contributed by atoms with Crippen LogP contribution in [-0.2, 0) is 9.53 Å². The molecule has 1 rings (SSSR count). The molecule has 1 unspecified atom stereocenters. The van der Waals surface area contributed by atoms with Crippen molar-refractivity contribution in [2.45, 2.75) is 46.6 Å². The van der Waals surface area contributed by atoms with Crippen LogP contribution >= 0.6 is 0 Å². The summed E-state index contributed by atoms with van der Waals surface area (Å²) >= 11 is 0. The molecule has 4 nitrogen and oxygen atoms in total. The number of carbonyl (C=O) groups excluding carboxylic acids is 1. The van der Waals surface area contributed by atoms with E-state index >= 15 is 0 Å². The van der Waals surface area contributed by atoms with E-state index in [1.54, 1.807) is 7.11 Å². The predicted molar refractivity (Wildman–Crippen MR) is 84.4 cm³/mol. The lowest BCUT2D eigenvalue weighted by atomic mass is 9.80. The maximum absolute atomic E-state index is 11.5. The summed E-state index contributed by atoms with van der Waals surface area (Å²) < 4.78 is 10.1. The topological polar surface area (TPSA) is 61.5 Å². The van der Waals surface area contributed by atoms with Crippen LogP contribution in [0.15, 0.2) is 12.1 Å². The molecule has 0 aliphatic carbocycles. The maximum atomic E-state index is 11.5. The number of rotatable bonds is 6. The van der Waals surface area contributed by atoms with Crippen LogP contribution in [0.3, 0.4) is 0 Å². The molecule has 0 amide bonds. The van der Waals surface area contributed by atoms with Gasteiger partial charge in [-0.3, -0.25) is 4.79 Å². The highest BCUT2D eigenvalue weighted by molar-refractivity contribution is 5.69. The molecule has 0 spiro atoms. The minimum atomic E-state index is -0.200.